The summed E-state index contributed by atoms with van der Waals surface area (Å²) in [5.74, 6) is 0. The first kappa shape index (κ1) is 17.5. The maximum Gasteiger partial charge on any atom is 0.412 e. The van der Waals surface area contributed by atoms with Gasteiger partial charge >= 0.3 is 6.09 Å². The standard InChI is InChI=1S/C20H21N3O4/c24-19-21-18-4-2-1-3-17(18)20(27-19)10-13-22(14-11-20)12-9-15-5-7-16(8-6-15)23(25)26/h1-8H,9-14H2,(H,21,24). The van der Waals surface area contributed by atoms with Crippen LogP contribution in [0.25, 0.3) is 0 Å². The van der Waals surface area contributed by atoms with Crippen molar-refractivity contribution in [2.24, 2.45) is 0 Å². The number of likely N-dealkylation sites (tertiary alicyclic amines) is 1. The third-order valence-electron chi connectivity index (χ3n) is 5.47. The highest BCUT2D eigenvalue weighted by Gasteiger charge is 2.44. The third-order valence-corrected chi connectivity index (χ3v) is 5.47. The van der Waals surface area contributed by atoms with E-state index in [0.717, 1.165) is 55.7 Å². The summed E-state index contributed by atoms with van der Waals surface area (Å²) < 4.78 is 5.75. The molecular formula is C20H21N3O4. The molecule has 1 amide bonds. The van der Waals surface area contributed by atoms with Gasteiger partial charge in [0.15, 0.2) is 0 Å². The number of nitrogens with zero attached hydrogens (tertiary/aromatic N) is 2. The van der Waals surface area contributed by atoms with Crippen molar-refractivity contribution < 1.29 is 14.5 Å². The van der Waals surface area contributed by atoms with Crippen LogP contribution in [0.5, 0.6) is 0 Å². The molecule has 1 saturated heterocycles. The van der Waals surface area contributed by atoms with Crippen LogP contribution < -0.4 is 5.32 Å². The van der Waals surface area contributed by atoms with E-state index >= 15 is 0 Å². The number of ether oxygens (including phenoxy) is 1. The molecule has 0 saturated carbocycles. The molecule has 2 aliphatic heterocycles. The van der Waals surface area contributed by atoms with Crippen LogP contribution in [0.4, 0.5) is 16.2 Å². The molecule has 2 heterocycles. The number of nitrogens with one attached hydrogen (secondary N) is 1. The Labute approximate surface area is 157 Å². The molecular weight excluding hydrogens is 346 g/mol. The van der Waals surface area contributed by atoms with Crippen molar-refractivity contribution in [1.82, 2.24) is 4.90 Å². The van der Waals surface area contributed by atoms with Crippen LogP contribution in [0.3, 0.4) is 0 Å². The molecule has 0 unspecified atom stereocenters. The van der Waals surface area contributed by atoms with Crippen LogP contribution >= 0.6 is 0 Å². The zero-order valence-electron chi connectivity index (χ0n) is 14.9. The summed E-state index contributed by atoms with van der Waals surface area (Å²) >= 11 is 0. The molecule has 0 atom stereocenters. The summed E-state index contributed by atoms with van der Waals surface area (Å²) in [5, 5.41) is 13.5. The van der Waals surface area contributed by atoms with Crippen molar-refractivity contribution >= 4 is 17.5 Å². The summed E-state index contributed by atoms with van der Waals surface area (Å²) in [4.78, 5) is 24.7. The lowest BCUT2D eigenvalue weighted by Crippen LogP contribution is -2.48. The maximum absolute atomic E-state index is 12.0. The number of carbonyl (C=O) groups is 1. The van der Waals surface area contributed by atoms with Gasteiger partial charge in [0.1, 0.15) is 5.60 Å². The van der Waals surface area contributed by atoms with Crippen molar-refractivity contribution in [3.63, 3.8) is 0 Å². The maximum atomic E-state index is 12.0. The fraction of sp³-hybridized carbons (Fsp3) is 0.350. The number of non-ortho nitro benzene ring substituents is 1. The fourth-order valence-electron chi connectivity index (χ4n) is 3.94. The molecule has 7 nitrogen and oxygen atoms in total. The number of carbonyl (C=O) groups excluding carboxylic acids is 1. The first-order chi connectivity index (χ1) is 13.1. The quantitative estimate of drug-likeness (QED) is 0.658. The van der Waals surface area contributed by atoms with Crippen molar-refractivity contribution in [2.75, 3.05) is 25.0 Å². The molecule has 1 N–H and O–H groups in total. The van der Waals surface area contributed by atoms with Crippen LogP contribution in [-0.2, 0) is 16.8 Å². The van der Waals surface area contributed by atoms with E-state index in [4.69, 9.17) is 4.74 Å². The van der Waals surface area contributed by atoms with E-state index in [1.807, 2.05) is 36.4 Å². The molecule has 7 heteroatoms. The molecule has 2 aromatic rings. The minimum atomic E-state index is -0.539. The van der Waals surface area contributed by atoms with Crippen molar-refractivity contribution in [3.8, 4) is 0 Å². The Morgan fingerprint density at radius 3 is 2.52 bits per heavy atom. The summed E-state index contributed by atoms with van der Waals surface area (Å²) in [6.45, 7) is 2.56. The van der Waals surface area contributed by atoms with E-state index in [1.54, 1.807) is 12.1 Å². The lowest BCUT2D eigenvalue weighted by Gasteiger charge is -2.44. The Balaban J connectivity index is 1.38. The van der Waals surface area contributed by atoms with Crippen molar-refractivity contribution in [2.45, 2.75) is 24.9 Å². The second-order valence-corrected chi connectivity index (χ2v) is 7.07. The summed E-state index contributed by atoms with van der Waals surface area (Å²) in [6, 6.07) is 14.6. The molecule has 1 spiro atoms. The summed E-state index contributed by atoms with van der Waals surface area (Å²) in [6.07, 6.45) is 1.98. The largest absolute Gasteiger partial charge is 0.438 e. The second-order valence-electron chi connectivity index (χ2n) is 7.07. The van der Waals surface area contributed by atoms with Gasteiger partial charge in [-0.3, -0.25) is 15.4 Å². The number of anilines is 1. The van der Waals surface area contributed by atoms with Gasteiger partial charge in [-0.15, -0.1) is 0 Å². The topological polar surface area (TPSA) is 84.7 Å². The Kier molecular flexibility index (Phi) is 4.53. The third kappa shape index (κ3) is 3.50. The predicted octanol–water partition coefficient (Wildman–Crippen LogP) is 3.69. The molecule has 4 rings (SSSR count). The number of para-hydroxylation sites is 1. The molecule has 0 radical (unpaired) electrons. The Morgan fingerprint density at radius 2 is 1.81 bits per heavy atom. The number of nitro benzene ring substituents is 1. The Bertz CT molecular complexity index is 858. The van der Waals surface area contributed by atoms with Gasteiger partial charge in [-0.05, 0) is 18.1 Å². The van der Waals surface area contributed by atoms with Crippen molar-refractivity contribution in [3.05, 3.63) is 69.8 Å². The Hall–Kier alpha value is -2.93. The molecule has 0 bridgehead atoms. The highest BCUT2D eigenvalue weighted by molar-refractivity contribution is 5.88. The van der Waals surface area contributed by atoms with Crippen LogP contribution in [0.2, 0.25) is 0 Å². The van der Waals surface area contributed by atoms with Crippen LogP contribution in [0, 0.1) is 10.1 Å². The highest BCUT2D eigenvalue weighted by atomic mass is 16.6. The zero-order valence-corrected chi connectivity index (χ0v) is 14.9. The van der Waals surface area contributed by atoms with Gasteiger partial charge in [0, 0.05) is 50.2 Å². The Morgan fingerprint density at radius 1 is 1.11 bits per heavy atom. The summed E-state index contributed by atoms with van der Waals surface area (Å²) in [5.41, 5.74) is 2.56. The molecule has 2 aliphatic rings. The van der Waals surface area contributed by atoms with Gasteiger partial charge in [-0.1, -0.05) is 30.3 Å². The van der Waals surface area contributed by atoms with Gasteiger partial charge in [0.05, 0.1) is 10.6 Å². The van der Waals surface area contributed by atoms with E-state index in [0.29, 0.717) is 0 Å². The monoisotopic (exact) mass is 367 g/mol. The number of benzene rings is 2. The zero-order chi connectivity index (χ0) is 18.9. The number of rotatable bonds is 4. The lowest BCUT2D eigenvalue weighted by atomic mass is 9.82. The first-order valence-electron chi connectivity index (χ1n) is 9.11. The summed E-state index contributed by atoms with van der Waals surface area (Å²) in [7, 11) is 0. The molecule has 2 aromatic carbocycles. The molecule has 27 heavy (non-hydrogen) atoms. The van der Waals surface area contributed by atoms with Crippen molar-refractivity contribution in [1.29, 1.82) is 0 Å². The molecule has 0 aromatic heterocycles. The number of piperidine rings is 1. The second kappa shape index (κ2) is 7.00. The molecule has 0 aliphatic carbocycles. The minimum absolute atomic E-state index is 0.116. The number of nitro groups is 1. The average Bonchev–Trinajstić information content (AvgIpc) is 2.68. The van der Waals surface area contributed by atoms with Crippen LogP contribution in [0.1, 0.15) is 24.0 Å². The lowest BCUT2D eigenvalue weighted by molar-refractivity contribution is -0.384. The highest BCUT2D eigenvalue weighted by Crippen LogP contribution is 2.43. The minimum Gasteiger partial charge on any atom is -0.438 e. The molecule has 140 valence electrons. The smallest absolute Gasteiger partial charge is 0.412 e. The van der Waals surface area contributed by atoms with Crippen LogP contribution in [-0.4, -0.2) is 35.6 Å². The fourth-order valence-corrected chi connectivity index (χ4v) is 3.94. The number of fused-ring (bicyclic) bond motifs is 2. The first-order valence-corrected chi connectivity index (χ1v) is 9.11. The van der Waals surface area contributed by atoms with E-state index < -0.39 is 5.60 Å². The van der Waals surface area contributed by atoms with E-state index in [-0.39, 0.29) is 16.7 Å². The average molecular weight is 367 g/mol. The van der Waals surface area contributed by atoms with Gasteiger partial charge in [-0.2, -0.15) is 0 Å². The number of hydrogen-bond acceptors (Lipinski definition) is 5. The predicted molar refractivity (Wildman–Crippen MR) is 101 cm³/mol. The van der Waals surface area contributed by atoms with Gasteiger partial charge in [-0.25, -0.2) is 4.79 Å². The van der Waals surface area contributed by atoms with Gasteiger partial charge < -0.3 is 9.64 Å². The van der Waals surface area contributed by atoms with E-state index in [9.17, 15) is 14.9 Å². The van der Waals surface area contributed by atoms with E-state index in [2.05, 4.69) is 10.2 Å². The van der Waals surface area contributed by atoms with Gasteiger partial charge in [0.2, 0.25) is 0 Å². The normalized spacial score (nSPS) is 18.4. The van der Waals surface area contributed by atoms with Gasteiger partial charge in [0.25, 0.3) is 5.69 Å². The number of hydrogen-bond donors (Lipinski definition) is 1. The number of amides is 1. The van der Waals surface area contributed by atoms with E-state index in [1.165, 1.54) is 0 Å². The molecule has 1 fully saturated rings. The van der Waals surface area contributed by atoms with Crippen LogP contribution in [0.15, 0.2) is 48.5 Å². The SMILES string of the molecule is O=C1Nc2ccccc2C2(CCN(CCc3ccc([N+](=O)[O-])cc3)CC2)O1.